The second-order valence-corrected chi connectivity index (χ2v) is 5.72. The maximum atomic E-state index is 14.3. The lowest BCUT2D eigenvalue weighted by molar-refractivity contribution is 0.110. The molecule has 0 saturated heterocycles. The van der Waals surface area contributed by atoms with Gasteiger partial charge in [-0.05, 0) is 31.4 Å². The molecule has 4 heteroatoms. The number of fused-ring (bicyclic) bond motifs is 2. The van der Waals surface area contributed by atoms with Gasteiger partial charge >= 0.3 is 0 Å². The van der Waals surface area contributed by atoms with Gasteiger partial charge in [0.2, 0.25) is 0 Å². The summed E-state index contributed by atoms with van der Waals surface area (Å²) in [6.07, 6.45) is 3.13. The van der Waals surface area contributed by atoms with Crippen LogP contribution in [-0.2, 0) is 17.8 Å². The van der Waals surface area contributed by atoms with E-state index >= 15 is 0 Å². The van der Waals surface area contributed by atoms with E-state index < -0.39 is 0 Å². The Labute approximate surface area is 117 Å². The minimum Gasteiger partial charge on any atom is -0.381 e. The Morgan fingerprint density at radius 1 is 1.35 bits per heavy atom. The molecule has 3 nitrogen and oxygen atoms in total. The fraction of sp³-hybridized carbons (Fsp3) is 0.438. The standard InChI is InChI=1S/C16H17FN2O/c1-9-2-5-12(17)14-15(9)19-13-6-7-20-8-11(13)16(14)18-10-3-4-10/h2,5,10H,3-4,6-8H2,1H3,(H,18,19). The summed E-state index contributed by atoms with van der Waals surface area (Å²) >= 11 is 0. The van der Waals surface area contributed by atoms with Crippen molar-refractivity contribution in [3.05, 3.63) is 34.8 Å². The number of hydrogen-bond donors (Lipinski definition) is 1. The van der Waals surface area contributed by atoms with E-state index in [0.717, 1.165) is 47.3 Å². The molecule has 1 aromatic heterocycles. The first-order valence-corrected chi connectivity index (χ1v) is 7.19. The van der Waals surface area contributed by atoms with Crippen LogP contribution in [0.1, 0.15) is 29.7 Å². The van der Waals surface area contributed by atoms with Crippen LogP contribution in [0.2, 0.25) is 0 Å². The van der Waals surface area contributed by atoms with Gasteiger partial charge in [0.25, 0.3) is 0 Å². The molecule has 1 saturated carbocycles. The van der Waals surface area contributed by atoms with Crippen molar-refractivity contribution in [2.75, 3.05) is 11.9 Å². The van der Waals surface area contributed by atoms with Crippen LogP contribution in [0.15, 0.2) is 12.1 Å². The third-order valence-corrected chi connectivity index (χ3v) is 4.13. The minimum absolute atomic E-state index is 0.199. The van der Waals surface area contributed by atoms with Crippen molar-refractivity contribution in [1.82, 2.24) is 4.98 Å². The lowest BCUT2D eigenvalue weighted by atomic mass is 10.0. The Kier molecular flexibility index (Phi) is 2.67. The van der Waals surface area contributed by atoms with Crippen LogP contribution in [0, 0.1) is 12.7 Å². The summed E-state index contributed by atoms with van der Waals surface area (Å²) in [4.78, 5) is 4.70. The third-order valence-electron chi connectivity index (χ3n) is 4.13. The molecule has 0 amide bonds. The molecule has 4 rings (SSSR count). The van der Waals surface area contributed by atoms with Gasteiger partial charge in [0.1, 0.15) is 5.82 Å². The van der Waals surface area contributed by atoms with Crippen LogP contribution < -0.4 is 5.32 Å². The van der Waals surface area contributed by atoms with Crippen molar-refractivity contribution in [3.8, 4) is 0 Å². The van der Waals surface area contributed by atoms with E-state index in [4.69, 9.17) is 9.72 Å². The van der Waals surface area contributed by atoms with Crippen LogP contribution in [0.5, 0.6) is 0 Å². The van der Waals surface area contributed by atoms with E-state index in [2.05, 4.69) is 5.32 Å². The smallest absolute Gasteiger partial charge is 0.134 e. The lowest BCUT2D eigenvalue weighted by Gasteiger charge is -2.22. The summed E-state index contributed by atoms with van der Waals surface area (Å²) in [5, 5.41) is 4.12. The molecule has 0 atom stereocenters. The molecule has 20 heavy (non-hydrogen) atoms. The zero-order chi connectivity index (χ0) is 13.7. The number of rotatable bonds is 2. The number of halogens is 1. The van der Waals surface area contributed by atoms with Crippen molar-refractivity contribution in [2.24, 2.45) is 0 Å². The number of benzene rings is 1. The second kappa shape index (κ2) is 4.42. The number of aryl methyl sites for hydroxylation is 1. The summed E-state index contributed by atoms with van der Waals surface area (Å²) in [5.74, 6) is -0.199. The Hall–Kier alpha value is -1.68. The number of anilines is 1. The predicted molar refractivity (Wildman–Crippen MR) is 76.4 cm³/mol. The summed E-state index contributed by atoms with van der Waals surface area (Å²) < 4.78 is 19.9. The SMILES string of the molecule is Cc1ccc(F)c2c(NC3CC3)c3c(nc12)CCOC3. The molecule has 0 unspecified atom stereocenters. The summed E-state index contributed by atoms with van der Waals surface area (Å²) in [6.45, 7) is 3.21. The van der Waals surface area contributed by atoms with E-state index in [-0.39, 0.29) is 5.82 Å². The van der Waals surface area contributed by atoms with Crippen LogP contribution in [-0.4, -0.2) is 17.6 Å². The molecule has 104 valence electrons. The molecular weight excluding hydrogens is 255 g/mol. The molecule has 0 spiro atoms. The average Bonchev–Trinajstić information content (AvgIpc) is 3.27. The third kappa shape index (κ3) is 1.86. The fourth-order valence-corrected chi connectivity index (χ4v) is 2.85. The maximum absolute atomic E-state index is 14.3. The van der Waals surface area contributed by atoms with Gasteiger partial charge in [-0.25, -0.2) is 4.39 Å². The second-order valence-electron chi connectivity index (χ2n) is 5.72. The summed E-state index contributed by atoms with van der Waals surface area (Å²) in [5.41, 5.74) is 4.82. The van der Waals surface area contributed by atoms with Crippen LogP contribution >= 0.6 is 0 Å². The number of aromatic nitrogens is 1. The molecule has 2 heterocycles. The first-order valence-electron chi connectivity index (χ1n) is 7.19. The summed E-state index contributed by atoms with van der Waals surface area (Å²) in [7, 11) is 0. The number of hydrogen-bond acceptors (Lipinski definition) is 3. The topological polar surface area (TPSA) is 34.2 Å². The number of pyridine rings is 1. The molecular formula is C16H17FN2O. The number of nitrogens with zero attached hydrogens (tertiary/aromatic N) is 1. The van der Waals surface area contributed by atoms with Gasteiger partial charge in [0, 0.05) is 18.0 Å². The molecule has 1 N–H and O–H groups in total. The van der Waals surface area contributed by atoms with Crippen molar-refractivity contribution >= 4 is 16.6 Å². The van der Waals surface area contributed by atoms with E-state index in [1.807, 2.05) is 6.92 Å². The number of ether oxygens (including phenoxy) is 1. The van der Waals surface area contributed by atoms with E-state index in [9.17, 15) is 4.39 Å². The van der Waals surface area contributed by atoms with Gasteiger partial charge in [0.15, 0.2) is 0 Å². The highest BCUT2D eigenvalue weighted by Crippen LogP contribution is 2.37. The normalized spacial score (nSPS) is 18.1. The van der Waals surface area contributed by atoms with Gasteiger partial charge in [-0.2, -0.15) is 0 Å². The minimum atomic E-state index is -0.199. The molecule has 1 aliphatic carbocycles. The highest BCUT2D eigenvalue weighted by Gasteiger charge is 2.27. The number of nitrogens with one attached hydrogen (secondary N) is 1. The molecule has 1 aromatic carbocycles. The zero-order valence-electron chi connectivity index (χ0n) is 11.5. The van der Waals surface area contributed by atoms with Crippen LogP contribution in [0.4, 0.5) is 10.1 Å². The molecule has 0 radical (unpaired) electrons. The molecule has 2 aliphatic rings. The van der Waals surface area contributed by atoms with Crippen molar-refractivity contribution in [1.29, 1.82) is 0 Å². The van der Waals surface area contributed by atoms with Crippen molar-refractivity contribution < 1.29 is 9.13 Å². The van der Waals surface area contributed by atoms with Gasteiger partial charge in [-0.1, -0.05) is 6.07 Å². The fourth-order valence-electron chi connectivity index (χ4n) is 2.85. The first kappa shape index (κ1) is 12.1. The Morgan fingerprint density at radius 2 is 2.20 bits per heavy atom. The molecule has 0 bridgehead atoms. The molecule has 1 aliphatic heterocycles. The largest absolute Gasteiger partial charge is 0.381 e. The van der Waals surface area contributed by atoms with Gasteiger partial charge < -0.3 is 10.1 Å². The highest BCUT2D eigenvalue weighted by molar-refractivity contribution is 5.96. The Balaban J connectivity index is 2.03. The van der Waals surface area contributed by atoms with Crippen molar-refractivity contribution in [2.45, 2.75) is 38.8 Å². The Morgan fingerprint density at radius 3 is 3.00 bits per heavy atom. The maximum Gasteiger partial charge on any atom is 0.134 e. The van der Waals surface area contributed by atoms with E-state index in [1.165, 1.54) is 6.07 Å². The van der Waals surface area contributed by atoms with E-state index in [1.54, 1.807) is 6.07 Å². The van der Waals surface area contributed by atoms with Crippen LogP contribution in [0.3, 0.4) is 0 Å². The van der Waals surface area contributed by atoms with Crippen molar-refractivity contribution in [3.63, 3.8) is 0 Å². The van der Waals surface area contributed by atoms with Gasteiger partial charge in [-0.3, -0.25) is 4.98 Å². The first-order chi connectivity index (χ1) is 9.74. The molecule has 2 aromatic rings. The lowest BCUT2D eigenvalue weighted by Crippen LogP contribution is -2.16. The molecule has 1 fully saturated rings. The predicted octanol–water partition coefficient (Wildman–Crippen LogP) is 3.33. The highest BCUT2D eigenvalue weighted by atomic mass is 19.1. The Bertz CT molecular complexity index is 695. The van der Waals surface area contributed by atoms with E-state index in [0.29, 0.717) is 24.6 Å². The van der Waals surface area contributed by atoms with Crippen LogP contribution in [0.25, 0.3) is 10.9 Å². The van der Waals surface area contributed by atoms with Gasteiger partial charge in [-0.15, -0.1) is 0 Å². The quantitative estimate of drug-likeness (QED) is 0.910. The zero-order valence-corrected chi connectivity index (χ0v) is 11.5. The average molecular weight is 272 g/mol. The van der Waals surface area contributed by atoms with Gasteiger partial charge in [0.05, 0.1) is 35.5 Å². The monoisotopic (exact) mass is 272 g/mol. The summed E-state index contributed by atoms with van der Waals surface area (Å²) in [6, 6.07) is 3.82.